The second-order valence-corrected chi connectivity index (χ2v) is 8.82. The molecule has 0 bridgehead atoms. The van der Waals surface area contributed by atoms with Gasteiger partial charge >= 0.3 is 0 Å². The average molecular weight is 363 g/mol. The fourth-order valence-electron chi connectivity index (χ4n) is 2.64. The van der Waals surface area contributed by atoms with Crippen LogP contribution in [0.3, 0.4) is 0 Å². The summed E-state index contributed by atoms with van der Waals surface area (Å²) in [6.45, 7) is 5.62. The van der Waals surface area contributed by atoms with Crippen molar-refractivity contribution in [1.82, 2.24) is 9.62 Å². The van der Waals surface area contributed by atoms with Crippen molar-refractivity contribution in [1.29, 1.82) is 0 Å². The van der Waals surface area contributed by atoms with Gasteiger partial charge in [-0.25, -0.2) is 8.42 Å². The number of ether oxygens (including phenoxy) is 1. The van der Waals surface area contributed by atoms with Gasteiger partial charge in [-0.3, -0.25) is 0 Å². The minimum absolute atomic E-state index is 0.0561. The number of morpholine rings is 1. The second-order valence-electron chi connectivity index (χ2n) is 5.87. The fraction of sp³-hybridized carbons (Fsp3) is 0.733. The van der Waals surface area contributed by atoms with Crippen LogP contribution in [0.2, 0.25) is 0 Å². The predicted molar refractivity (Wildman–Crippen MR) is 93.0 cm³/mol. The van der Waals surface area contributed by atoms with Crippen LogP contribution in [-0.4, -0.2) is 56.6 Å². The lowest BCUT2D eigenvalue weighted by atomic mass is 10.3. The lowest BCUT2D eigenvalue weighted by molar-refractivity contribution is -0.0440. The first kappa shape index (κ1) is 18.8. The predicted octanol–water partition coefficient (Wildman–Crippen LogP) is 1.67. The van der Waals surface area contributed by atoms with E-state index in [2.05, 4.69) is 5.32 Å². The number of rotatable bonds is 8. The molecule has 1 aliphatic rings. The van der Waals surface area contributed by atoms with E-state index < -0.39 is 10.0 Å². The van der Waals surface area contributed by atoms with E-state index in [1.807, 2.05) is 32.2 Å². The molecule has 2 atom stereocenters. The van der Waals surface area contributed by atoms with E-state index in [1.54, 1.807) is 11.8 Å². The molecule has 1 aromatic heterocycles. The van der Waals surface area contributed by atoms with Crippen molar-refractivity contribution in [3.8, 4) is 0 Å². The van der Waals surface area contributed by atoms with Gasteiger partial charge in [-0.1, -0.05) is 0 Å². The highest BCUT2D eigenvalue weighted by Crippen LogP contribution is 2.15. The monoisotopic (exact) mass is 362 g/mol. The average Bonchev–Trinajstić information content (AvgIpc) is 2.91. The summed E-state index contributed by atoms with van der Waals surface area (Å²) in [7, 11) is -3.25. The van der Waals surface area contributed by atoms with Gasteiger partial charge in [0.05, 0.1) is 30.3 Å². The van der Waals surface area contributed by atoms with E-state index in [0.29, 0.717) is 26.2 Å². The van der Waals surface area contributed by atoms with Crippen LogP contribution in [0.15, 0.2) is 16.5 Å². The Hall–Kier alpha value is -0.540. The molecule has 0 unspecified atom stereocenters. The highest BCUT2D eigenvalue weighted by Gasteiger charge is 2.30. The first-order valence-corrected chi connectivity index (χ1v) is 10.8. The number of nitrogens with one attached hydrogen (secondary N) is 1. The zero-order chi connectivity index (χ0) is 16.9. The summed E-state index contributed by atoms with van der Waals surface area (Å²) in [4.78, 5) is 0. The quantitative estimate of drug-likeness (QED) is 0.710. The Balaban J connectivity index is 1.75. The standard InChI is InChI=1S/C15H26N2O4S2/c1-12-9-17(10-13(2)20-12)23(18,19)7-6-16-8-14-4-5-15(21-14)11-22-3/h4-5,12-13,16H,6-11H2,1-3H3/t12-,13-/m0/s1. The molecule has 0 radical (unpaired) electrons. The second kappa shape index (κ2) is 8.53. The maximum Gasteiger partial charge on any atom is 0.215 e. The Bertz CT molecular complexity index is 578. The molecule has 0 aliphatic carbocycles. The topological polar surface area (TPSA) is 71.8 Å². The first-order chi connectivity index (χ1) is 10.9. The first-order valence-electron chi connectivity index (χ1n) is 7.81. The Morgan fingerprint density at radius 1 is 1.26 bits per heavy atom. The summed E-state index contributed by atoms with van der Waals surface area (Å²) < 4.78 is 37.5. The van der Waals surface area contributed by atoms with Crippen molar-refractivity contribution in [2.45, 2.75) is 38.4 Å². The molecule has 0 aromatic carbocycles. The van der Waals surface area contributed by atoms with Gasteiger partial charge in [-0.05, 0) is 32.2 Å². The summed E-state index contributed by atoms with van der Waals surface area (Å²) >= 11 is 1.71. The highest BCUT2D eigenvalue weighted by atomic mass is 32.2. The van der Waals surface area contributed by atoms with E-state index in [9.17, 15) is 8.42 Å². The van der Waals surface area contributed by atoms with Crippen LogP contribution in [0.5, 0.6) is 0 Å². The van der Waals surface area contributed by atoms with Gasteiger partial charge in [-0.2, -0.15) is 16.1 Å². The van der Waals surface area contributed by atoms with E-state index >= 15 is 0 Å². The number of thioether (sulfide) groups is 1. The third-order valence-corrected chi connectivity index (χ3v) is 6.00. The molecule has 8 heteroatoms. The zero-order valence-corrected chi connectivity index (χ0v) is 15.6. The van der Waals surface area contributed by atoms with Crippen LogP contribution in [0.4, 0.5) is 0 Å². The molecule has 1 aliphatic heterocycles. The Morgan fingerprint density at radius 3 is 2.57 bits per heavy atom. The van der Waals surface area contributed by atoms with Crippen LogP contribution in [-0.2, 0) is 27.1 Å². The van der Waals surface area contributed by atoms with Gasteiger partial charge < -0.3 is 14.5 Å². The van der Waals surface area contributed by atoms with E-state index in [4.69, 9.17) is 9.15 Å². The van der Waals surface area contributed by atoms with Crippen LogP contribution >= 0.6 is 11.8 Å². The molecule has 0 spiro atoms. The third-order valence-electron chi connectivity index (χ3n) is 3.62. The van der Waals surface area contributed by atoms with Gasteiger partial charge in [0, 0.05) is 19.6 Å². The summed E-state index contributed by atoms with van der Waals surface area (Å²) in [5.41, 5.74) is 0. The highest BCUT2D eigenvalue weighted by molar-refractivity contribution is 7.97. The van der Waals surface area contributed by atoms with E-state index in [0.717, 1.165) is 17.3 Å². The molecule has 1 N–H and O–H groups in total. The summed E-state index contributed by atoms with van der Waals surface area (Å²) in [6, 6.07) is 3.89. The molecule has 2 heterocycles. The molecule has 1 aromatic rings. The third kappa shape index (κ3) is 5.79. The largest absolute Gasteiger partial charge is 0.464 e. The SMILES string of the molecule is CSCc1ccc(CNCCS(=O)(=O)N2C[C@H](C)O[C@@H](C)C2)o1. The molecule has 1 fully saturated rings. The number of hydrogen-bond donors (Lipinski definition) is 1. The molecular formula is C15H26N2O4S2. The molecule has 1 saturated heterocycles. The lowest BCUT2D eigenvalue weighted by Crippen LogP contribution is -2.49. The molecule has 0 amide bonds. The minimum atomic E-state index is -3.25. The van der Waals surface area contributed by atoms with E-state index in [1.165, 1.54) is 4.31 Å². The summed E-state index contributed by atoms with van der Waals surface area (Å²) in [6.07, 6.45) is 1.91. The normalized spacial score (nSPS) is 23.3. The van der Waals surface area contributed by atoms with Crippen molar-refractivity contribution in [2.75, 3.05) is 31.6 Å². The van der Waals surface area contributed by atoms with Gasteiger partial charge in [0.15, 0.2) is 0 Å². The molecule has 23 heavy (non-hydrogen) atoms. The molecule has 6 nitrogen and oxygen atoms in total. The lowest BCUT2D eigenvalue weighted by Gasteiger charge is -2.34. The van der Waals surface area contributed by atoms with Crippen LogP contribution in [0.1, 0.15) is 25.4 Å². The van der Waals surface area contributed by atoms with Crippen molar-refractivity contribution in [3.63, 3.8) is 0 Å². The van der Waals surface area contributed by atoms with Crippen molar-refractivity contribution in [2.24, 2.45) is 0 Å². The molecule has 2 rings (SSSR count). The number of hydrogen-bond acceptors (Lipinski definition) is 6. The Morgan fingerprint density at radius 2 is 1.91 bits per heavy atom. The Kier molecular flexibility index (Phi) is 6.97. The van der Waals surface area contributed by atoms with E-state index in [-0.39, 0.29) is 18.0 Å². The Labute approximate surface area is 143 Å². The van der Waals surface area contributed by atoms with Crippen molar-refractivity contribution < 1.29 is 17.6 Å². The van der Waals surface area contributed by atoms with Gasteiger partial charge in [0.2, 0.25) is 10.0 Å². The smallest absolute Gasteiger partial charge is 0.215 e. The van der Waals surface area contributed by atoms with Crippen LogP contribution in [0.25, 0.3) is 0 Å². The summed E-state index contributed by atoms with van der Waals surface area (Å²) in [5, 5.41) is 3.14. The fourth-order valence-corrected chi connectivity index (χ4v) is 4.61. The van der Waals surface area contributed by atoms with Crippen molar-refractivity contribution in [3.05, 3.63) is 23.7 Å². The van der Waals surface area contributed by atoms with Crippen molar-refractivity contribution >= 4 is 21.8 Å². The van der Waals surface area contributed by atoms with Gasteiger partial charge in [0.1, 0.15) is 11.5 Å². The summed E-state index contributed by atoms with van der Waals surface area (Å²) in [5.74, 6) is 2.71. The maximum atomic E-state index is 12.4. The maximum absolute atomic E-state index is 12.4. The van der Waals surface area contributed by atoms with Crippen LogP contribution in [0, 0.1) is 0 Å². The molecular weight excluding hydrogens is 336 g/mol. The molecule has 132 valence electrons. The van der Waals surface area contributed by atoms with Gasteiger partial charge in [-0.15, -0.1) is 0 Å². The number of nitrogens with zero attached hydrogens (tertiary/aromatic N) is 1. The number of furan rings is 1. The molecule has 0 saturated carbocycles. The van der Waals surface area contributed by atoms with Crippen LogP contribution < -0.4 is 5.32 Å². The number of sulfonamides is 1. The van der Waals surface area contributed by atoms with Gasteiger partial charge in [0.25, 0.3) is 0 Å². The zero-order valence-electron chi connectivity index (χ0n) is 13.9. The minimum Gasteiger partial charge on any atom is -0.464 e.